The molecule has 0 aromatic heterocycles. The van der Waals surface area contributed by atoms with E-state index < -0.39 is 17.6 Å². The molecule has 0 aliphatic carbocycles. The summed E-state index contributed by atoms with van der Waals surface area (Å²) in [7, 11) is 0. The molecular formula is C12H12ClFN2O2. The van der Waals surface area contributed by atoms with Crippen molar-refractivity contribution in [3.05, 3.63) is 34.6 Å². The lowest BCUT2D eigenvalue weighted by molar-refractivity contribution is -0.128. The van der Waals surface area contributed by atoms with Crippen LogP contribution in [0.15, 0.2) is 18.2 Å². The Morgan fingerprint density at radius 2 is 2.28 bits per heavy atom. The van der Waals surface area contributed by atoms with Gasteiger partial charge in [0.1, 0.15) is 5.82 Å². The molecule has 1 fully saturated rings. The number of rotatable bonds is 3. The minimum Gasteiger partial charge on any atom is -0.369 e. The quantitative estimate of drug-likeness (QED) is 0.900. The molecule has 1 aliphatic rings. The first kappa shape index (κ1) is 12.8. The minimum absolute atomic E-state index is 0.113. The number of nitrogens with zero attached hydrogens (tertiary/aromatic N) is 1. The van der Waals surface area contributed by atoms with Gasteiger partial charge in [0, 0.05) is 24.5 Å². The van der Waals surface area contributed by atoms with Gasteiger partial charge >= 0.3 is 0 Å². The maximum Gasteiger partial charge on any atom is 0.223 e. The van der Waals surface area contributed by atoms with Crippen molar-refractivity contribution in [1.82, 2.24) is 4.90 Å². The van der Waals surface area contributed by atoms with Crippen LogP contribution in [0.4, 0.5) is 4.39 Å². The fraction of sp³-hybridized carbons (Fsp3) is 0.333. The Morgan fingerprint density at radius 3 is 2.89 bits per heavy atom. The number of likely N-dealkylation sites (tertiary alicyclic amines) is 1. The highest BCUT2D eigenvalue weighted by atomic mass is 35.5. The largest absolute Gasteiger partial charge is 0.369 e. The third kappa shape index (κ3) is 2.61. The highest BCUT2D eigenvalue weighted by molar-refractivity contribution is 6.31. The Morgan fingerprint density at radius 1 is 1.56 bits per heavy atom. The Balaban J connectivity index is 2.12. The molecule has 6 heteroatoms. The lowest BCUT2D eigenvalue weighted by Gasteiger charge is -2.17. The van der Waals surface area contributed by atoms with Crippen LogP contribution in [0.5, 0.6) is 0 Å². The molecular weight excluding hydrogens is 259 g/mol. The third-order valence-corrected chi connectivity index (χ3v) is 3.35. The number of carbonyl (C=O) groups excluding carboxylic acids is 2. The molecule has 0 bridgehead atoms. The zero-order valence-corrected chi connectivity index (χ0v) is 10.3. The van der Waals surface area contributed by atoms with Gasteiger partial charge in [-0.1, -0.05) is 11.6 Å². The first-order valence-electron chi connectivity index (χ1n) is 5.48. The van der Waals surface area contributed by atoms with Gasteiger partial charge in [0.15, 0.2) is 0 Å². The van der Waals surface area contributed by atoms with E-state index in [4.69, 9.17) is 17.3 Å². The molecule has 96 valence electrons. The fourth-order valence-electron chi connectivity index (χ4n) is 1.99. The van der Waals surface area contributed by atoms with Gasteiger partial charge in [0.2, 0.25) is 11.8 Å². The molecule has 2 amide bonds. The third-order valence-electron chi connectivity index (χ3n) is 2.99. The predicted molar refractivity (Wildman–Crippen MR) is 64.1 cm³/mol. The van der Waals surface area contributed by atoms with E-state index in [1.165, 1.54) is 23.1 Å². The Bertz CT molecular complexity index is 507. The number of carbonyl (C=O) groups is 2. The van der Waals surface area contributed by atoms with Crippen LogP contribution in [0.25, 0.3) is 0 Å². The molecule has 1 heterocycles. The summed E-state index contributed by atoms with van der Waals surface area (Å²) in [5.41, 5.74) is 5.69. The molecule has 1 aliphatic heterocycles. The summed E-state index contributed by atoms with van der Waals surface area (Å²) in [6.07, 6.45) is 0.113. The summed E-state index contributed by atoms with van der Waals surface area (Å²) in [6.45, 7) is 0.459. The van der Waals surface area contributed by atoms with Crippen LogP contribution < -0.4 is 5.73 Å². The SMILES string of the molecule is NC(=O)C1CC(=O)N(Cc2cc(F)ccc2Cl)C1. The lowest BCUT2D eigenvalue weighted by Crippen LogP contribution is -2.28. The summed E-state index contributed by atoms with van der Waals surface area (Å²) < 4.78 is 13.1. The van der Waals surface area contributed by atoms with Crippen LogP contribution in [-0.4, -0.2) is 23.3 Å². The minimum atomic E-state index is -0.490. The van der Waals surface area contributed by atoms with Gasteiger partial charge in [-0.05, 0) is 23.8 Å². The second-order valence-corrected chi connectivity index (χ2v) is 4.72. The molecule has 1 saturated heterocycles. The van der Waals surface area contributed by atoms with E-state index in [1.54, 1.807) is 0 Å². The summed E-state index contributed by atoms with van der Waals surface area (Å²) in [4.78, 5) is 24.2. The first-order chi connectivity index (χ1) is 8.47. The molecule has 1 aromatic carbocycles. The van der Waals surface area contributed by atoms with Gasteiger partial charge in [0.05, 0.1) is 5.92 Å². The Kier molecular flexibility index (Phi) is 3.52. The van der Waals surface area contributed by atoms with Crippen LogP contribution in [0.3, 0.4) is 0 Å². The van der Waals surface area contributed by atoms with E-state index in [0.29, 0.717) is 10.6 Å². The highest BCUT2D eigenvalue weighted by Gasteiger charge is 2.33. The van der Waals surface area contributed by atoms with Crippen molar-refractivity contribution in [3.8, 4) is 0 Å². The predicted octanol–water partition coefficient (Wildman–Crippen LogP) is 1.31. The van der Waals surface area contributed by atoms with Gasteiger partial charge in [-0.2, -0.15) is 0 Å². The molecule has 0 radical (unpaired) electrons. The maximum atomic E-state index is 13.1. The molecule has 2 N–H and O–H groups in total. The van der Waals surface area contributed by atoms with Crippen molar-refractivity contribution in [3.63, 3.8) is 0 Å². The zero-order chi connectivity index (χ0) is 13.3. The second kappa shape index (κ2) is 4.94. The Labute approximate surface area is 109 Å². The molecule has 1 aromatic rings. The van der Waals surface area contributed by atoms with Crippen LogP contribution >= 0.6 is 11.6 Å². The smallest absolute Gasteiger partial charge is 0.223 e. The number of amides is 2. The number of benzene rings is 1. The van der Waals surface area contributed by atoms with E-state index in [1.807, 2.05) is 0 Å². The first-order valence-corrected chi connectivity index (χ1v) is 5.86. The van der Waals surface area contributed by atoms with Gasteiger partial charge in [-0.25, -0.2) is 4.39 Å². The number of primary amides is 1. The number of hydrogen-bond acceptors (Lipinski definition) is 2. The van der Waals surface area contributed by atoms with Crippen molar-refractivity contribution in [1.29, 1.82) is 0 Å². The average Bonchev–Trinajstić information content (AvgIpc) is 2.66. The molecule has 2 rings (SSSR count). The van der Waals surface area contributed by atoms with E-state index in [-0.39, 0.29) is 25.4 Å². The van der Waals surface area contributed by atoms with Crippen LogP contribution in [-0.2, 0) is 16.1 Å². The van der Waals surface area contributed by atoms with Crippen molar-refractivity contribution >= 4 is 23.4 Å². The summed E-state index contributed by atoms with van der Waals surface area (Å²) >= 11 is 5.93. The van der Waals surface area contributed by atoms with Crippen LogP contribution in [0, 0.1) is 11.7 Å². The number of hydrogen-bond donors (Lipinski definition) is 1. The summed E-state index contributed by atoms with van der Waals surface area (Å²) in [6, 6.07) is 3.98. The highest BCUT2D eigenvalue weighted by Crippen LogP contribution is 2.24. The van der Waals surface area contributed by atoms with E-state index in [2.05, 4.69) is 0 Å². The van der Waals surface area contributed by atoms with E-state index >= 15 is 0 Å². The zero-order valence-electron chi connectivity index (χ0n) is 9.53. The maximum absolute atomic E-state index is 13.1. The normalized spacial score (nSPS) is 19.3. The van der Waals surface area contributed by atoms with E-state index in [0.717, 1.165) is 0 Å². The van der Waals surface area contributed by atoms with Crippen LogP contribution in [0.2, 0.25) is 5.02 Å². The number of nitrogens with two attached hydrogens (primary N) is 1. The molecule has 0 saturated carbocycles. The molecule has 0 spiro atoms. The monoisotopic (exact) mass is 270 g/mol. The summed E-state index contributed by atoms with van der Waals surface area (Å²) in [5, 5.41) is 0.395. The molecule has 1 unspecified atom stereocenters. The average molecular weight is 271 g/mol. The van der Waals surface area contributed by atoms with Gasteiger partial charge in [0.25, 0.3) is 0 Å². The van der Waals surface area contributed by atoms with Crippen molar-refractivity contribution < 1.29 is 14.0 Å². The Hall–Kier alpha value is -1.62. The van der Waals surface area contributed by atoms with Crippen LogP contribution in [0.1, 0.15) is 12.0 Å². The van der Waals surface area contributed by atoms with Crippen molar-refractivity contribution in [2.75, 3.05) is 6.54 Å². The van der Waals surface area contributed by atoms with Gasteiger partial charge < -0.3 is 10.6 Å². The fourth-order valence-corrected chi connectivity index (χ4v) is 2.16. The van der Waals surface area contributed by atoms with Crippen molar-refractivity contribution in [2.24, 2.45) is 11.7 Å². The second-order valence-electron chi connectivity index (χ2n) is 4.31. The molecule has 4 nitrogen and oxygen atoms in total. The van der Waals surface area contributed by atoms with Gasteiger partial charge in [-0.3, -0.25) is 9.59 Å². The van der Waals surface area contributed by atoms with Crippen molar-refractivity contribution in [2.45, 2.75) is 13.0 Å². The van der Waals surface area contributed by atoms with Gasteiger partial charge in [-0.15, -0.1) is 0 Å². The number of halogens is 2. The molecule has 18 heavy (non-hydrogen) atoms. The van der Waals surface area contributed by atoms with E-state index in [9.17, 15) is 14.0 Å². The molecule has 1 atom stereocenters. The lowest BCUT2D eigenvalue weighted by atomic mass is 10.1. The standard InChI is InChI=1S/C12H12ClFN2O2/c13-10-2-1-9(14)3-7(10)5-16-6-8(12(15)18)4-11(16)17/h1-3,8H,4-6H2,(H2,15,18). The topological polar surface area (TPSA) is 63.4 Å². The summed E-state index contributed by atoms with van der Waals surface area (Å²) in [5.74, 6) is -1.53.